The molecule has 0 spiro atoms. The molecule has 1 amide bonds. The lowest BCUT2D eigenvalue weighted by Gasteiger charge is -2.27. The number of benzene rings is 3. The van der Waals surface area contributed by atoms with Crippen molar-refractivity contribution in [3.05, 3.63) is 95.9 Å². The highest BCUT2D eigenvalue weighted by Gasteiger charge is 2.26. The van der Waals surface area contributed by atoms with Gasteiger partial charge in [-0.1, -0.05) is 36.4 Å². The van der Waals surface area contributed by atoms with Crippen molar-refractivity contribution in [3.8, 4) is 28.7 Å². The summed E-state index contributed by atoms with van der Waals surface area (Å²) in [5.74, 6) is 1.41. The maximum Gasteiger partial charge on any atom is 0.416 e. The summed E-state index contributed by atoms with van der Waals surface area (Å²) in [6.45, 7) is 3.26. The Morgan fingerprint density at radius 3 is 2.37 bits per heavy atom. The molecule has 0 aliphatic rings. The molecule has 9 nitrogen and oxygen atoms in total. The monoisotopic (exact) mass is 516 g/mol. The normalized spacial score (nSPS) is 11.4. The van der Waals surface area contributed by atoms with Gasteiger partial charge < -0.3 is 23.7 Å². The third kappa shape index (κ3) is 6.50. The van der Waals surface area contributed by atoms with E-state index in [0.717, 1.165) is 10.5 Å². The second-order valence-electron chi connectivity index (χ2n) is 8.49. The molecule has 196 valence electrons. The smallest absolute Gasteiger partial charge is 0.416 e. The molecule has 0 aliphatic heterocycles. The molecule has 0 unspecified atom stereocenters. The fourth-order valence-electron chi connectivity index (χ4n) is 3.77. The summed E-state index contributed by atoms with van der Waals surface area (Å²) in [5.41, 5.74) is 2.29. The van der Waals surface area contributed by atoms with Gasteiger partial charge >= 0.3 is 12.1 Å². The van der Waals surface area contributed by atoms with Crippen LogP contribution in [0.3, 0.4) is 0 Å². The van der Waals surface area contributed by atoms with Crippen LogP contribution in [0.25, 0.3) is 11.5 Å². The fraction of sp³-hybridized carbons (Fsp3) is 0.207. The fourth-order valence-corrected chi connectivity index (χ4v) is 3.77. The Kier molecular flexibility index (Phi) is 8.27. The van der Waals surface area contributed by atoms with Crippen molar-refractivity contribution in [1.29, 1.82) is 0 Å². The molecule has 1 aromatic heterocycles. The lowest BCUT2D eigenvalue weighted by molar-refractivity contribution is -0.138. The molecule has 3 aromatic carbocycles. The summed E-state index contributed by atoms with van der Waals surface area (Å²) in [5, 5.41) is 9.39. The molecule has 9 heteroatoms. The first-order valence-corrected chi connectivity index (χ1v) is 11.9. The molecule has 1 heterocycles. The summed E-state index contributed by atoms with van der Waals surface area (Å²) in [4.78, 5) is 30.1. The molecule has 0 aliphatic carbocycles. The molecular formula is C29H28N2O7. The van der Waals surface area contributed by atoms with Gasteiger partial charge in [-0.15, -0.1) is 0 Å². The van der Waals surface area contributed by atoms with Crippen LogP contribution >= 0.6 is 0 Å². The number of hydrogen-bond donors (Lipinski definition) is 1. The number of oxazole rings is 1. The Morgan fingerprint density at radius 2 is 1.68 bits per heavy atom. The van der Waals surface area contributed by atoms with Gasteiger partial charge in [0.2, 0.25) is 5.89 Å². The van der Waals surface area contributed by atoms with Crippen molar-refractivity contribution in [2.24, 2.45) is 0 Å². The zero-order valence-corrected chi connectivity index (χ0v) is 21.3. The summed E-state index contributed by atoms with van der Waals surface area (Å²) >= 11 is 0. The van der Waals surface area contributed by atoms with Gasteiger partial charge in [0.25, 0.3) is 0 Å². The number of rotatable bonds is 10. The summed E-state index contributed by atoms with van der Waals surface area (Å²) in [7, 11) is 1.50. The molecule has 0 saturated carbocycles. The van der Waals surface area contributed by atoms with Crippen LogP contribution in [0, 0.1) is 6.92 Å². The maximum atomic E-state index is 12.9. The van der Waals surface area contributed by atoms with E-state index in [4.69, 9.17) is 18.6 Å². The zero-order valence-electron chi connectivity index (χ0n) is 21.3. The number of methoxy groups -OCH3 is 1. The van der Waals surface area contributed by atoms with E-state index in [2.05, 4.69) is 4.98 Å². The van der Waals surface area contributed by atoms with Gasteiger partial charge in [-0.3, -0.25) is 9.69 Å². The van der Waals surface area contributed by atoms with Crippen LogP contribution in [0.5, 0.6) is 17.2 Å². The van der Waals surface area contributed by atoms with E-state index in [1.54, 1.807) is 55.5 Å². The number of aliphatic carboxylic acids is 1. The minimum Gasteiger partial charge on any atom is -0.497 e. The molecular weight excluding hydrogens is 488 g/mol. The predicted molar refractivity (Wildman–Crippen MR) is 139 cm³/mol. The van der Waals surface area contributed by atoms with Crippen molar-refractivity contribution in [1.82, 2.24) is 9.88 Å². The summed E-state index contributed by atoms with van der Waals surface area (Å²) < 4.78 is 22.2. The van der Waals surface area contributed by atoms with Gasteiger partial charge in [0.1, 0.15) is 41.9 Å². The Bertz CT molecular complexity index is 1380. The first kappa shape index (κ1) is 26.3. The lowest BCUT2D eigenvalue weighted by atomic mass is 10.1. The van der Waals surface area contributed by atoms with Crippen LogP contribution in [0.2, 0.25) is 0 Å². The topological polar surface area (TPSA) is 111 Å². The van der Waals surface area contributed by atoms with Gasteiger partial charge in [-0.2, -0.15) is 0 Å². The van der Waals surface area contributed by atoms with Gasteiger partial charge in [0.05, 0.1) is 13.2 Å². The number of amides is 1. The largest absolute Gasteiger partial charge is 0.497 e. The quantitative estimate of drug-likeness (QED) is 0.278. The first-order chi connectivity index (χ1) is 18.3. The second kappa shape index (κ2) is 12.0. The van der Waals surface area contributed by atoms with Gasteiger partial charge in [0.15, 0.2) is 0 Å². The highest BCUT2D eigenvalue weighted by molar-refractivity contribution is 5.78. The number of carbonyl (C=O) groups is 2. The number of carboxylic acids is 1. The standard InChI is InChI=1S/C29H28N2O7/c1-19(31(17-27(32)33)29(34)38-25-11-7-10-24(16-25)35-3)21-12-14-23(15-13-21)36-18-26-20(2)37-28(30-26)22-8-5-4-6-9-22/h4-16,19H,17-18H2,1-3H3,(H,32,33)/t19-/m1/s1. The number of carboxylic acid groups (broad SMARTS) is 1. The van der Waals surface area contributed by atoms with E-state index < -0.39 is 24.6 Å². The van der Waals surface area contributed by atoms with E-state index in [1.165, 1.54) is 7.11 Å². The van der Waals surface area contributed by atoms with E-state index in [0.29, 0.717) is 34.4 Å². The summed E-state index contributed by atoms with van der Waals surface area (Å²) in [6.07, 6.45) is -0.788. The molecule has 0 saturated heterocycles. The van der Waals surface area contributed by atoms with E-state index in [-0.39, 0.29) is 12.4 Å². The molecule has 0 fully saturated rings. The molecule has 0 bridgehead atoms. The Balaban J connectivity index is 1.42. The first-order valence-electron chi connectivity index (χ1n) is 11.9. The highest BCUT2D eigenvalue weighted by Crippen LogP contribution is 2.27. The van der Waals surface area contributed by atoms with E-state index >= 15 is 0 Å². The van der Waals surface area contributed by atoms with Crippen molar-refractivity contribution in [3.63, 3.8) is 0 Å². The number of carbonyl (C=O) groups excluding carboxylic acids is 1. The second-order valence-corrected chi connectivity index (χ2v) is 8.49. The SMILES string of the molecule is COc1cccc(OC(=O)N(CC(=O)O)[C@H](C)c2ccc(OCc3nc(-c4ccccc4)oc3C)cc2)c1. The Hall–Kier alpha value is -4.79. The number of aryl methyl sites for hydroxylation is 1. The van der Waals surface area contributed by atoms with E-state index in [1.807, 2.05) is 37.3 Å². The van der Waals surface area contributed by atoms with Gasteiger partial charge in [0, 0.05) is 11.6 Å². The van der Waals surface area contributed by atoms with Crippen molar-refractivity contribution < 1.29 is 33.3 Å². The predicted octanol–water partition coefficient (Wildman–Crippen LogP) is 5.88. The van der Waals surface area contributed by atoms with Crippen molar-refractivity contribution in [2.45, 2.75) is 26.5 Å². The third-order valence-electron chi connectivity index (χ3n) is 5.91. The molecule has 1 atom stereocenters. The Labute approximate surface area is 220 Å². The number of ether oxygens (including phenoxy) is 3. The number of aromatic nitrogens is 1. The zero-order chi connectivity index (χ0) is 27.1. The number of nitrogens with zero attached hydrogens (tertiary/aromatic N) is 2. The molecule has 38 heavy (non-hydrogen) atoms. The highest BCUT2D eigenvalue weighted by atomic mass is 16.6. The molecule has 4 rings (SSSR count). The van der Waals surface area contributed by atoms with Crippen LogP contribution in [0.15, 0.2) is 83.3 Å². The third-order valence-corrected chi connectivity index (χ3v) is 5.91. The van der Waals surface area contributed by atoms with Crippen molar-refractivity contribution in [2.75, 3.05) is 13.7 Å². The Morgan fingerprint density at radius 1 is 0.974 bits per heavy atom. The van der Waals surface area contributed by atoms with Gasteiger partial charge in [-0.05, 0) is 55.8 Å². The van der Waals surface area contributed by atoms with Crippen LogP contribution < -0.4 is 14.2 Å². The summed E-state index contributed by atoms with van der Waals surface area (Å²) in [6, 6.07) is 22.6. The molecule has 0 radical (unpaired) electrons. The van der Waals surface area contributed by atoms with Crippen LogP contribution in [-0.2, 0) is 11.4 Å². The number of hydrogen-bond acceptors (Lipinski definition) is 7. The minimum absolute atomic E-state index is 0.217. The van der Waals surface area contributed by atoms with Crippen LogP contribution in [-0.4, -0.2) is 40.7 Å². The van der Waals surface area contributed by atoms with Crippen molar-refractivity contribution >= 4 is 12.1 Å². The van der Waals surface area contributed by atoms with Crippen LogP contribution in [0.4, 0.5) is 4.79 Å². The van der Waals surface area contributed by atoms with Crippen LogP contribution in [0.1, 0.15) is 30.0 Å². The average molecular weight is 517 g/mol. The maximum absolute atomic E-state index is 12.9. The minimum atomic E-state index is -1.16. The average Bonchev–Trinajstić information content (AvgIpc) is 3.31. The van der Waals surface area contributed by atoms with Gasteiger partial charge in [-0.25, -0.2) is 9.78 Å². The molecule has 1 N–H and O–H groups in total. The molecule has 4 aromatic rings. The lowest BCUT2D eigenvalue weighted by Crippen LogP contribution is -2.39. The van der Waals surface area contributed by atoms with E-state index in [9.17, 15) is 14.7 Å².